The van der Waals surface area contributed by atoms with E-state index in [4.69, 9.17) is 4.74 Å². The lowest BCUT2D eigenvalue weighted by molar-refractivity contribution is -0.144. The number of aromatic amines is 1. The third kappa shape index (κ3) is 3.43. The van der Waals surface area contributed by atoms with Crippen LogP contribution in [0.15, 0.2) is 23.1 Å². The molecule has 0 unspecified atom stereocenters. The number of esters is 1. The average molecular weight is 264 g/mol. The summed E-state index contributed by atoms with van der Waals surface area (Å²) >= 11 is 0. The molecule has 102 valence electrons. The number of carbonyl (C=O) groups excluding carboxylic acids is 2. The third-order valence-corrected chi connectivity index (χ3v) is 2.88. The molecule has 1 aromatic rings. The first kappa shape index (κ1) is 13.3. The Bertz CT molecular complexity index is 533. The van der Waals surface area contributed by atoms with Gasteiger partial charge in [0.1, 0.15) is 6.54 Å². The van der Waals surface area contributed by atoms with Gasteiger partial charge >= 0.3 is 5.97 Å². The van der Waals surface area contributed by atoms with Crippen LogP contribution in [-0.2, 0) is 9.53 Å². The summed E-state index contributed by atoms with van der Waals surface area (Å²) in [5.41, 5.74) is -0.0438. The van der Waals surface area contributed by atoms with Crippen LogP contribution in [0.25, 0.3) is 0 Å². The zero-order chi connectivity index (χ0) is 13.8. The Morgan fingerprint density at radius 1 is 1.47 bits per heavy atom. The van der Waals surface area contributed by atoms with Gasteiger partial charge in [0.2, 0.25) is 5.56 Å². The molecule has 19 heavy (non-hydrogen) atoms. The molecule has 0 aliphatic heterocycles. The fourth-order valence-electron chi connectivity index (χ4n) is 1.84. The van der Waals surface area contributed by atoms with Gasteiger partial charge < -0.3 is 14.6 Å². The molecule has 1 aliphatic rings. The molecule has 0 spiro atoms. The van der Waals surface area contributed by atoms with Gasteiger partial charge in [0.25, 0.3) is 5.91 Å². The highest BCUT2D eigenvalue weighted by Crippen LogP contribution is 2.27. The fraction of sp³-hybridized carbons (Fsp3) is 0.462. The third-order valence-electron chi connectivity index (χ3n) is 2.88. The van der Waals surface area contributed by atoms with E-state index in [1.54, 1.807) is 6.92 Å². The first-order valence-corrected chi connectivity index (χ1v) is 6.27. The van der Waals surface area contributed by atoms with E-state index in [1.807, 2.05) is 0 Å². The number of H-pyrrole nitrogens is 1. The maximum atomic E-state index is 12.3. The number of hydrogen-bond acceptors (Lipinski definition) is 4. The van der Waals surface area contributed by atoms with Crippen molar-refractivity contribution in [2.75, 3.05) is 13.2 Å². The molecule has 0 radical (unpaired) electrons. The molecule has 6 nitrogen and oxygen atoms in total. The Morgan fingerprint density at radius 2 is 2.21 bits per heavy atom. The Balaban J connectivity index is 2.13. The Morgan fingerprint density at radius 3 is 2.79 bits per heavy atom. The standard InChI is InChI=1S/C13H16N2O4/c1-2-19-12(17)8-15(10-3-4-10)13(18)9-5-6-14-11(16)7-9/h5-7,10H,2-4,8H2,1H3,(H,14,16). The van der Waals surface area contributed by atoms with E-state index in [0.29, 0.717) is 5.56 Å². The van der Waals surface area contributed by atoms with Gasteiger partial charge in [0.05, 0.1) is 6.61 Å². The van der Waals surface area contributed by atoms with E-state index >= 15 is 0 Å². The van der Waals surface area contributed by atoms with Crippen LogP contribution < -0.4 is 5.56 Å². The maximum Gasteiger partial charge on any atom is 0.325 e. The van der Waals surface area contributed by atoms with Crippen molar-refractivity contribution in [1.29, 1.82) is 0 Å². The van der Waals surface area contributed by atoms with Gasteiger partial charge in [-0.3, -0.25) is 14.4 Å². The van der Waals surface area contributed by atoms with E-state index in [9.17, 15) is 14.4 Å². The first-order chi connectivity index (χ1) is 9.11. The van der Waals surface area contributed by atoms with Crippen LogP contribution >= 0.6 is 0 Å². The van der Waals surface area contributed by atoms with Gasteiger partial charge in [-0.05, 0) is 25.8 Å². The van der Waals surface area contributed by atoms with Gasteiger partial charge in [0, 0.05) is 23.9 Å². The molecule has 1 aromatic heterocycles. The van der Waals surface area contributed by atoms with Crippen LogP contribution in [0.3, 0.4) is 0 Å². The van der Waals surface area contributed by atoms with Crippen LogP contribution in [-0.4, -0.2) is 41.0 Å². The molecule has 0 saturated heterocycles. The lowest BCUT2D eigenvalue weighted by Crippen LogP contribution is -2.38. The molecule has 1 N–H and O–H groups in total. The summed E-state index contributed by atoms with van der Waals surface area (Å²) in [6.07, 6.45) is 3.19. The van der Waals surface area contributed by atoms with Crippen molar-refractivity contribution in [3.8, 4) is 0 Å². The molecular weight excluding hydrogens is 248 g/mol. The fourth-order valence-corrected chi connectivity index (χ4v) is 1.84. The normalized spacial score (nSPS) is 13.9. The number of carbonyl (C=O) groups is 2. The molecule has 1 aliphatic carbocycles. The number of amides is 1. The Hall–Kier alpha value is -2.11. The number of pyridine rings is 1. The summed E-state index contributed by atoms with van der Waals surface area (Å²) < 4.78 is 4.86. The summed E-state index contributed by atoms with van der Waals surface area (Å²) in [5.74, 6) is -0.728. The molecule has 1 fully saturated rings. The minimum atomic E-state index is -0.424. The number of rotatable bonds is 5. The van der Waals surface area contributed by atoms with E-state index < -0.39 is 5.97 Å². The second-order valence-corrected chi connectivity index (χ2v) is 4.41. The van der Waals surface area contributed by atoms with Crippen LogP contribution in [0.2, 0.25) is 0 Å². The van der Waals surface area contributed by atoms with Crippen LogP contribution in [0.5, 0.6) is 0 Å². The SMILES string of the molecule is CCOC(=O)CN(C(=O)c1cc[nH]c(=O)c1)C1CC1. The van der Waals surface area contributed by atoms with Crippen LogP contribution in [0.1, 0.15) is 30.1 Å². The predicted octanol–water partition coefficient (Wildman–Crippen LogP) is 0.543. The topological polar surface area (TPSA) is 79.5 Å². The smallest absolute Gasteiger partial charge is 0.325 e. The van der Waals surface area contributed by atoms with Crippen molar-refractivity contribution < 1.29 is 14.3 Å². The number of nitrogens with zero attached hydrogens (tertiary/aromatic N) is 1. The molecule has 1 amide bonds. The lowest BCUT2D eigenvalue weighted by atomic mass is 10.2. The zero-order valence-corrected chi connectivity index (χ0v) is 10.7. The van der Waals surface area contributed by atoms with Crippen LogP contribution in [0.4, 0.5) is 0 Å². The monoisotopic (exact) mass is 264 g/mol. The highest BCUT2D eigenvalue weighted by molar-refractivity contribution is 5.96. The lowest BCUT2D eigenvalue weighted by Gasteiger charge is -2.21. The van der Waals surface area contributed by atoms with E-state index in [0.717, 1.165) is 12.8 Å². The quantitative estimate of drug-likeness (QED) is 0.787. The molecule has 1 saturated carbocycles. The largest absolute Gasteiger partial charge is 0.465 e. The first-order valence-electron chi connectivity index (χ1n) is 6.27. The van der Waals surface area contributed by atoms with Gasteiger partial charge in [-0.1, -0.05) is 0 Å². The predicted molar refractivity (Wildman–Crippen MR) is 67.8 cm³/mol. The summed E-state index contributed by atoms with van der Waals surface area (Å²) in [6, 6.07) is 2.85. The van der Waals surface area contributed by atoms with Crippen molar-refractivity contribution in [2.45, 2.75) is 25.8 Å². The van der Waals surface area contributed by atoms with Crippen molar-refractivity contribution in [3.63, 3.8) is 0 Å². The Labute approximate surface area is 110 Å². The number of ether oxygens (including phenoxy) is 1. The highest BCUT2D eigenvalue weighted by atomic mass is 16.5. The van der Waals surface area contributed by atoms with Crippen molar-refractivity contribution in [3.05, 3.63) is 34.2 Å². The number of aromatic nitrogens is 1. The molecule has 6 heteroatoms. The van der Waals surface area contributed by atoms with Crippen molar-refractivity contribution >= 4 is 11.9 Å². The number of hydrogen-bond donors (Lipinski definition) is 1. The Kier molecular flexibility index (Phi) is 3.99. The highest BCUT2D eigenvalue weighted by Gasteiger charge is 2.34. The molecule has 2 rings (SSSR count). The second kappa shape index (κ2) is 5.69. The minimum Gasteiger partial charge on any atom is -0.465 e. The molecular formula is C13H16N2O4. The second-order valence-electron chi connectivity index (χ2n) is 4.41. The molecule has 0 bridgehead atoms. The van der Waals surface area contributed by atoms with E-state index in [-0.39, 0.29) is 30.7 Å². The minimum absolute atomic E-state index is 0.0653. The van der Waals surface area contributed by atoms with Gasteiger partial charge in [-0.25, -0.2) is 0 Å². The molecule has 0 aromatic carbocycles. The molecule has 1 heterocycles. The van der Waals surface area contributed by atoms with Gasteiger partial charge in [-0.2, -0.15) is 0 Å². The molecule has 0 atom stereocenters. The summed E-state index contributed by atoms with van der Waals surface area (Å²) in [4.78, 5) is 38.9. The summed E-state index contributed by atoms with van der Waals surface area (Å²) in [6.45, 7) is 1.94. The van der Waals surface area contributed by atoms with Crippen LogP contribution in [0, 0.1) is 0 Å². The van der Waals surface area contributed by atoms with E-state index in [1.165, 1.54) is 23.2 Å². The summed E-state index contributed by atoms with van der Waals surface area (Å²) in [7, 11) is 0. The van der Waals surface area contributed by atoms with Crippen molar-refractivity contribution in [2.24, 2.45) is 0 Å². The number of nitrogens with one attached hydrogen (secondary N) is 1. The van der Waals surface area contributed by atoms with Gasteiger partial charge in [0.15, 0.2) is 0 Å². The maximum absolute atomic E-state index is 12.3. The summed E-state index contributed by atoms with van der Waals surface area (Å²) in [5, 5.41) is 0. The van der Waals surface area contributed by atoms with Crippen molar-refractivity contribution in [1.82, 2.24) is 9.88 Å². The van der Waals surface area contributed by atoms with E-state index in [2.05, 4.69) is 4.98 Å². The van der Waals surface area contributed by atoms with Gasteiger partial charge in [-0.15, -0.1) is 0 Å². The average Bonchev–Trinajstić information content (AvgIpc) is 3.20. The zero-order valence-electron chi connectivity index (χ0n) is 10.7.